The minimum absolute atomic E-state index is 0.0911. The number of aromatic nitrogens is 3. The largest absolute Gasteiger partial charge is 0.503 e. The standard InChI is InChI=1S/C13H16N4O3S2/c1-7-4-10(18)12(20)9(17(7)3)5-14-11(19)6-21-13-16-15-8(2)22-13/h4,20H,5-6H2,1-3H3,(H,14,19). The first-order chi connectivity index (χ1) is 10.4. The van der Waals surface area contributed by atoms with Gasteiger partial charge in [0.25, 0.3) is 0 Å². The van der Waals surface area contributed by atoms with Gasteiger partial charge in [0.05, 0.1) is 18.0 Å². The molecule has 2 N–H and O–H groups in total. The molecule has 118 valence electrons. The third-order valence-electron chi connectivity index (χ3n) is 3.07. The topological polar surface area (TPSA) is 97.1 Å². The van der Waals surface area contributed by atoms with Gasteiger partial charge in [-0.25, -0.2) is 0 Å². The summed E-state index contributed by atoms with van der Waals surface area (Å²) >= 11 is 2.73. The van der Waals surface area contributed by atoms with E-state index in [0.29, 0.717) is 11.4 Å². The van der Waals surface area contributed by atoms with E-state index in [1.807, 2.05) is 6.92 Å². The number of rotatable bonds is 5. The van der Waals surface area contributed by atoms with Crippen LogP contribution in [-0.4, -0.2) is 31.5 Å². The molecule has 0 bridgehead atoms. The van der Waals surface area contributed by atoms with Gasteiger partial charge in [-0.1, -0.05) is 23.1 Å². The molecule has 9 heteroatoms. The van der Waals surface area contributed by atoms with Crippen molar-refractivity contribution in [2.45, 2.75) is 24.7 Å². The highest BCUT2D eigenvalue weighted by Gasteiger charge is 2.12. The number of aryl methyl sites for hydroxylation is 2. The number of nitrogens with zero attached hydrogens (tertiary/aromatic N) is 3. The maximum atomic E-state index is 11.8. The molecule has 1 amide bonds. The van der Waals surface area contributed by atoms with Crippen LogP contribution in [0.5, 0.6) is 5.75 Å². The lowest BCUT2D eigenvalue weighted by atomic mass is 10.2. The zero-order chi connectivity index (χ0) is 16.3. The zero-order valence-corrected chi connectivity index (χ0v) is 14.0. The van der Waals surface area contributed by atoms with E-state index in [0.717, 1.165) is 9.35 Å². The molecular weight excluding hydrogens is 324 g/mol. The number of nitrogens with one attached hydrogen (secondary N) is 1. The monoisotopic (exact) mass is 340 g/mol. The van der Waals surface area contributed by atoms with E-state index < -0.39 is 5.43 Å². The second kappa shape index (κ2) is 6.93. The molecule has 2 aromatic rings. The van der Waals surface area contributed by atoms with Gasteiger partial charge < -0.3 is 15.0 Å². The molecular formula is C13H16N4O3S2. The maximum Gasteiger partial charge on any atom is 0.230 e. The first-order valence-electron chi connectivity index (χ1n) is 6.46. The third-order valence-corrected chi connectivity index (χ3v) is 5.04. The average Bonchev–Trinajstić information content (AvgIpc) is 2.89. The highest BCUT2D eigenvalue weighted by Crippen LogP contribution is 2.21. The molecule has 0 aliphatic rings. The fraction of sp³-hybridized carbons (Fsp3) is 0.385. The molecule has 2 aromatic heterocycles. The van der Waals surface area contributed by atoms with Crippen LogP contribution in [0, 0.1) is 13.8 Å². The average molecular weight is 340 g/mol. The van der Waals surface area contributed by atoms with Crippen molar-refractivity contribution < 1.29 is 9.90 Å². The SMILES string of the molecule is Cc1nnc(SCC(=O)NCc2c(O)c(=O)cc(C)n2C)s1. The Morgan fingerprint density at radius 1 is 1.45 bits per heavy atom. The van der Waals surface area contributed by atoms with Gasteiger partial charge in [-0.3, -0.25) is 9.59 Å². The summed E-state index contributed by atoms with van der Waals surface area (Å²) in [5.41, 5.74) is 0.652. The van der Waals surface area contributed by atoms with Crippen LogP contribution in [0.4, 0.5) is 0 Å². The van der Waals surface area contributed by atoms with Crippen molar-refractivity contribution in [3.05, 3.63) is 32.7 Å². The summed E-state index contributed by atoms with van der Waals surface area (Å²) in [6, 6.07) is 1.36. The molecule has 7 nitrogen and oxygen atoms in total. The van der Waals surface area contributed by atoms with Crippen LogP contribution >= 0.6 is 23.1 Å². The fourth-order valence-electron chi connectivity index (χ4n) is 1.77. The van der Waals surface area contributed by atoms with Crippen LogP contribution in [0.1, 0.15) is 16.4 Å². The van der Waals surface area contributed by atoms with E-state index in [-0.39, 0.29) is 24.0 Å². The second-order valence-corrected chi connectivity index (χ2v) is 7.06. The molecule has 2 rings (SSSR count). The summed E-state index contributed by atoms with van der Waals surface area (Å²) in [6.07, 6.45) is 0. The number of thioether (sulfide) groups is 1. The van der Waals surface area contributed by atoms with Crippen molar-refractivity contribution in [2.75, 3.05) is 5.75 Å². The van der Waals surface area contributed by atoms with Gasteiger partial charge in [-0.2, -0.15) is 0 Å². The summed E-state index contributed by atoms with van der Waals surface area (Å²) in [4.78, 5) is 23.4. The molecule has 0 saturated carbocycles. The summed E-state index contributed by atoms with van der Waals surface area (Å²) in [6.45, 7) is 3.70. The molecule has 22 heavy (non-hydrogen) atoms. The van der Waals surface area contributed by atoms with Crippen molar-refractivity contribution in [3.63, 3.8) is 0 Å². The van der Waals surface area contributed by atoms with Gasteiger partial charge in [-0.15, -0.1) is 10.2 Å². The van der Waals surface area contributed by atoms with Crippen molar-refractivity contribution in [3.8, 4) is 5.75 Å². The molecule has 0 aliphatic carbocycles. The van der Waals surface area contributed by atoms with Crippen LogP contribution in [0.15, 0.2) is 15.2 Å². The number of carbonyl (C=O) groups is 1. The first kappa shape index (κ1) is 16.5. The van der Waals surface area contributed by atoms with E-state index >= 15 is 0 Å². The smallest absolute Gasteiger partial charge is 0.230 e. The van der Waals surface area contributed by atoms with E-state index in [2.05, 4.69) is 15.5 Å². The molecule has 0 aromatic carbocycles. The summed E-state index contributed by atoms with van der Waals surface area (Å²) in [7, 11) is 1.73. The van der Waals surface area contributed by atoms with Crippen molar-refractivity contribution >= 4 is 29.0 Å². The normalized spacial score (nSPS) is 10.7. The van der Waals surface area contributed by atoms with Crippen molar-refractivity contribution in [1.29, 1.82) is 0 Å². The summed E-state index contributed by atoms with van der Waals surface area (Å²) < 4.78 is 2.41. The van der Waals surface area contributed by atoms with Crippen LogP contribution in [0.2, 0.25) is 0 Å². The number of amides is 1. The molecule has 0 atom stereocenters. The summed E-state index contributed by atoms with van der Waals surface area (Å²) in [5, 5.41) is 21.2. The number of hydrogen-bond acceptors (Lipinski definition) is 7. The van der Waals surface area contributed by atoms with Gasteiger partial charge >= 0.3 is 0 Å². The highest BCUT2D eigenvalue weighted by atomic mass is 32.2. The van der Waals surface area contributed by atoms with Crippen LogP contribution < -0.4 is 10.7 Å². The first-order valence-corrected chi connectivity index (χ1v) is 8.26. The van der Waals surface area contributed by atoms with Gasteiger partial charge in [0.1, 0.15) is 5.01 Å². The third kappa shape index (κ3) is 3.86. The number of aromatic hydroxyl groups is 1. The Morgan fingerprint density at radius 2 is 2.18 bits per heavy atom. The molecule has 0 radical (unpaired) electrons. The van der Waals surface area contributed by atoms with Crippen LogP contribution in [0.3, 0.4) is 0 Å². The Hall–Kier alpha value is -1.87. The van der Waals surface area contributed by atoms with Crippen LogP contribution in [0.25, 0.3) is 0 Å². The lowest BCUT2D eigenvalue weighted by Gasteiger charge is -2.14. The summed E-state index contributed by atoms with van der Waals surface area (Å²) in [5.74, 6) is -0.332. The number of pyridine rings is 1. The molecule has 0 fully saturated rings. The molecule has 0 saturated heterocycles. The van der Waals surface area contributed by atoms with Gasteiger partial charge in [0, 0.05) is 18.8 Å². The number of carbonyl (C=O) groups excluding carboxylic acids is 1. The number of hydrogen-bond donors (Lipinski definition) is 2. The maximum absolute atomic E-state index is 11.8. The predicted molar refractivity (Wildman–Crippen MR) is 85.3 cm³/mol. The molecule has 0 unspecified atom stereocenters. The molecule has 0 spiro atoms. The van der Waals surface area contributed by atoms with Gasteiger partial charge in [0.15, 0.2) is 10.1 Å². The molecule has 2 heterocycles. The molecule has 0 aliphatic heterocycles. The van der Waals surface area contributed by atoms with Gasteiger partial charge in [-0.05, 0) is 13.8 Å². The van der Waals surface area contributed by atoms with E-state index in [9.17, 15) is 14.7 Å². The second-order valence-electron chi connectivity index (χ2n) is 4.66. The fourth-order valence-corrected chi connectivity index (χ4v) is 3.41. The lowest BCUT2D eigenvalue weighted by Crippen LogP contribution is -2.27. The van der Waals surface area contributed by atoms with Crippen molar-refractivity contribution in [1.82, 2.24) is 20.1 Å². The zero-order valence-electron chi connectivity index (χ0n) is 12.4. The van der Waals surface area contributed by atoms with Gasteiger partial charge in [0.2, 0.25) is 11.3 Å². The Morgan fingerprint density at radius 3 is 2.82 bits per heavy atom. The predicted octanol–water partition coefficient (Wildman–Crippen LogP) is 0.968. The Labute approximate surface area is 135 Å². The van der Waals surface area contributed by atoms with Crippen LogP contribution in [-0.2, 0) is 18.4 Å². The minimum Gasteiger partial charge on any atom is -0.503 e. The quantitative estimate of drug-likeness (QED) is 0.787. The minimum atomic E-state index is -0.446. The Balaban J connectivity index is 1.95. The lowest BCUT2D eigenvalue weighted by molar-refractivity contribution is -0.118. The van der Waals surface area contributed by atoms with E-state index in [1.165, 1.54) is 29.2 Å². The Bertz CT molecular complexity index is 754. The Kier molecular flexibility index (Phi) is 5.19. The highest BCUT2D eigenvalue weighted by molar-refractivity contribution is 8.01. The van der Waals surface area contributed by atoms with E-state index in [4.69, 9.17) is 0 Å². The van der Waals surface area contributed by atoms with Crippen molar-refractivity contribution in [2.24, 2.45) is 7.05 Å². The van der Waals surface area contributed by atoms with E-state index in [1.54, 1.807) is 18.5 Å².